The van der Waals surface area contributed by atoms with Crippen molar-refractivity contribution in [2.45, 2.75) is 6.42 Å². The summed E-state index contributed by atoms with van der Waals surface area (Å²) in [4.78, 5) is 10.6. The largest absolute Gasteiger partial charge is 0.493 e. The fraction of sp³-hybridized carbons (Fsp3) is 0.364. The summed E-state index contributed by atoms with van der Waals surface area (Å²) in [6.07, 6.45) is 1.30. The number of carbonyl (C=O) groups is 1. The van der Waals surface area contributed by atoms with Gasteiger partial charge in [-0.15, -0.1) is 0 Å². The average molecular weight is 210 g/mol. The maximum Gasteiger partial charge on any atom is 0.161 e. The third kappa shape index (κ3) is 3.25. The van der Waals surface area contributed by atoms with Crippen LogP contribution in [0.3, 0.4) is 0 Å². The molecule has 1 aromatic carbocycles. The van der Waals surface area contributed by atoms with E-state index in [1.807, 2.05) is 0 Å². The summed E-state index contributed by atoms with van der Waals surface area (Å²) in [6, 6.07) is 4.95. The summed E-state index contributed by atoms with van der Waals surface area (Å²) in [5, 5.41) is 8.60. The fourth-order valence-electron chi connectivity index (χ4n) is 1.13. The SMILES string of the molecule is COc1ccc(C=O)cc1OCCCO. The van der Waals surface area contributed by atoms with Crippen molar-refractivity contribution in [2.24, 2.45) is 0 Å². The molecule has 0 atom stereocenters. The van der Waals surface area contributed by atoms with Gasteiger partial charge in [0.05, 0.1) is 13.7 Å². The molecule has 0 aromatic heterocycles. The summed E-state index contributed by atoms with van der Waals surface area (Å²) in [6.45, 7) is 0.477. The van der Waals surface area contributed by atoms with Crippen LogP contribution in [-0.4, -0.2) is 31.7 Å². The van der Waals surface area contributed by atoms with Crippen LogP contribution in [0.5, 0.6) is 11.5 Å². The lowest BCUT2D eigenvalue weighted by atomic mass is 10.2. The number of methoxy groups -OCH3 is 1. The molecule has 1 aromatic rings. The minimum Gasteiger partial charge on any atom is -0.493 e. The van der Waals surface area contributed by atoms with Crippen molar-refractivity contribution in [1.82, 2.24) is 0 Å². The van der Waals surface area contributed by atoms with Gasteiger partial charge in [0.1, 0.15) is 6.29 Å². The van der Waals surface area contributed by atoms with E-state index in [2.05, 4.69) is 0 Å². The van der Waals surface area contributed by atoms with E-state index in [0.29, 0.717) is 30.1 Å². The van der Waals surface area contributed by atoms with Gasteiger partial charge in [-0.05, 0) is 18.2 Å². The Labute approximate surface area is 88.4 Å². The number of hydrogen-bond acceptors (Lipinski definition) is 4. The molecular formula is C11H14O4. The van der Waals surface area contributed by atoms with Gasteiger partial charge in [-0.3, -0.25) is 4.79 Å². The van der Waals surface area contributed by atoms with Crippen molar-refractivity contribution in [3.63, 3.8) is 0 Å². The molecular weight excluding hydrogens is 196 g/mol. The molecule has 0 bridgehead atoms. The highest BCUT2D eigenvalue weighted by Crippen LogP contribution is 2.27. The van der Waals surface area contributed by atoms with Crippen LogP contribution in [-0.2, 0) is 0 Å². The van der Waals surface area contributed by atoms with Crippen LogP contribution in [0.25, 0.3) is 0 Å². The predicted molar refractivity (Wildman–Crippen MR) is 55.6 cm³/mol. The van der Waals surface area contributed by atoms with Gasteiger partial charge < -0.3 is 14.6 Å². The zero-order valence-electron chi connectivity index (χ0n) is 8.60. The van der Waals surface area contributed by atoms with Crippen LogP contribution in [0.2, 0.25) is 0 Å². The highest BCUT2D eigenvalue weighted by molar-refractivity contribution is 5.76. The second-order valence-corrected chi connectivity index (χ2v) is 2.95. The molecule has 0 fully saturated rings. The summed E-state index contributed by atoms with van der Waals surface area (Å²) < 4.78 is 10.4. The van der Waals surface area contributed by atoms with Crippen molar-refractivity contribution in [2.75, 3.05) is 20.3 Å². The Kier molecular flexibility index (Phi) is 4.63. The van der Waals surface area contributed by atoms with E-state index in [1.165, 1.54) is 7.11 Å². The van der Waals surface area contributed by atoms with E-state index in [0.717, 1.165) is 6.29 Å². The Morgan fingerprint density at radius 2 is 2.20 bits per heavy atom. The lowest BCUT2D eigenvalue weighted by Crippen LogP contribution is -2.01. The van der Waals surface area contributed by atoms with E-state index in [9.17, 15) is 4.79 Å². The number of rotatable bonds is 6. The molecule has 0 radical (unpaired) electrons. The standard InChI is InChI=1S/C11H14O4/c1-14-10-4-3-9(8-13)7-11(10)15-6-2-5-12/h3-4,7-8,12H,2,5-6H2,1H3. The van der Waals surface area contributed by atoms with Gasteiger partial charge in [0.15, 0.2) is 11.5 Å². The lowest BCUT2D eigenvalue weighted by Gasteiger charge is -2.10. The first-order valence-electron chi connectivity index (χ1n) is 4.68. The van der Waals surface area contributed by atoms with Crippen molar-refractivity contribution in [1.29, 1.82) is 0 Å². The molecule has 82 valence electrons. The number of aldehydes is 1. The van der Waals surface area contributed by atoms with Gasteiger partial charge >= 0.3 is 0 Å². The van der Waals surface area contributed by atoms with Crippen LogP contribution in [0, 0.1) is 0 Å². The van der Waals surface area contributed by atoms with Crippen LogP contribution >= 0.6 is 0 Å². The lowest BCUT2D eigenvalue weighted by molar-refractivity contribution is 0.112. The molecule has 15 heavy (non-hydrogen) atoms. The minimum absolute atomic E-state index is 0.0791. The average Bonchev–Trinajstić information content (AvgIpc) is 2.29. The molecule has 1 rings (SSSR count). The molecule has 0 aliphatic rings. The Hall–Kier alpha value is -1.55. The Morgan fingerprint density at radius 3 is 2.80 bits per heavy atom. The van der Waals surface area contributed by atoms with E-state index in [-0.39, 0.29) is 6.61 Å². The van der Waals surface area contributed by atoms with Crippen LogP contribution < -0.4 is 9.47 Å². The van der Waals surface area contributed by atoms with Gasteiger partial charge in [-0.1, -0.05) is 0 Å². The smallest absolute Gasteiger partial charge is 0.161 e. The zero-order chi connectivity index (χ0) is 11.1. The van der Waals surface area contributed by atoms with Crippen molar-refractivity contribution >= 4 is 6.29 Å². The summed E-state index contributed by atoms with van der Waals surface area (Å²) in [5.41, 5.74) is 0.537. The molecule has 0 spiro atoms. The molecule has 4 heteroatoms. The van der Waals surface area contributed by atoms with Gasteiger partial charge in [0.2, 0.25) is 0 Å². The minimum atomic E-state index is 0.0791. The predicted octanol–water partition coefficient (Wildman–Crippen LogP) is 1.27. The molecule has 0 aliphatic heterocycles. The maximum absolute atomic E-state index is 10.6. The summed E-state index contributed by atoms with van der Waals surface area (Å²) >= 11 is 0. The summed E-state index contributed by atoms with van der Waals surface area (Å²) in [7, 11) is 1.54. The normalized spacial score (nSPS) is 9.73. The number of aliphatic hydroxyl groups excluding tert-OH is 1. The molecule has 4 nitrogen and oxygen atoms in total. The third-order valence-corrected chi connectivity index (χ3v) is 1.88. The number of hydrogen-bond donors (Lipinski definition) is 1. The quantitative estimate of drug-likeness (QED) is 0.567. The number of aliphatic hydroxyl groups is 1. The van der Waals surface area contributed by atoms with Crippen LogP contribution in [0.1, 0.15) is 16.8 Å². The van der Waals surface area contributed by atoms with E-state index in [4.69, 9.17) is 14.6 Å². The van der Waals surface area contributed by atoms with E-state index < -0.39 is 0 Å². The molecule has 0 heterocycles. The second kappa shape index (κ2) is 6.03. The van der Waals surface area contributed by atoms with E-state index in [1.54, 1.807) is 18.2 Å². The molecule has 0 amide bonds. The topological polar surface area (TPSA) is 55.8 Å². The number of carbonyl (C=O) groups excluding carboxylic acids is 1. The fourth-order valence-corrected chi connectivity index (χ4v) is 1.13. The van der Waals surface area contributed by atoms with Gasteiger partial charge in [0.25, 0.3) is 0 Å². The zero-order valence-corrected chi connectivity index (χ0v) is 8.60. The van der Waals surface area contributed by atoms with Crippen molar-refractivity contribution < 1.29 is 19.4 Å². The first-order valence-corrected chi connectivity index (χ1v) is 4.68. The number of benzene rings is 1. The first-order chi connectivity index (χ1) is 7.31. The van der Waals surface area contributed by atoms with E-state index >= 15 is 0 Å². The van der Waals surface area contributed by atoms with Crippen LogP contribution in [0.4, 0.5) is 0 Å². The third-order valence-electron chi connectivity index (χ3n) is 1.88. The monoisotopic (exact) mass is 210 g/mol. The Balaban J connectivity index is 2.76. The molecule has 0 saturated carbocycles. The highest BCUT2D eigenvalue weighted by Gasteiger charge is 2.04. The Morgan fingerprint density at radius 1 is 1.40 bits per heavy atom. The maximum atomic E-state index is 10.6. The van der Waals surface area contributed by atoms with Crippen molar-refractivity contribution in [3.8, 4) is 11.5 Å². The second-order valence-electron chi connectivity index (χ2n) is 2.95. The Bertz CT molecular complexity index is 322. The molecule has 0 unspecified atom stereocenters. The molecule has 0 saturated heterocycles. The van der Waals surface area contributed by atoms with Gasteiger partial charge in [-0.2, -0.15) is 0 Å². The number of ether oxygens (including phenoxy) is 2. The van der Waals surface area contributed by atoms with Gasteiger partial charge in [0, 0.05) is 18.6 Å². The van der Waals surface area contributed by atoms with Gasteiger partial charge in [-0.25, -0.2) is 0 Å². The molecule has 1 N–H and O–H groups in total. The summed E-state index contributed by atoms with van der Waals surface area (Å²) in [5.74, 6) is 1.11. The van der Waals surface area contributed by atoms with Crippen molar-refractivity contribution in [3.05, 3.63) is 23.8 Å². The first kappa shape index (κ1) is 11.5. The van der Waals surface area contributed by atoms with Crippen LogP contribution in [0.15, 0.2) is 18.2 Å². The highest BCUT2D eigenvalue weighted by atomic mass is 16.5. The molecule has 0 aliphatic carbocycles.